The Balaban J connectivity index is 2.25. The van der Waals surface area contributed by atoms with E-state index in [1.807, 2.05) is 6.92 Å². The molecule has 1 N–H and O–H groups in total. The van der Waals surface area contributed by atoms with Crippen LogP contribution in [0.1, 0.15) is 52.7 Å². The summed E-state index contributed by atoms with van der Waals surface area (Å²) < 4.78 is 14.7. The number of carbonyl (C=O) groups is 3. The number of nitrogens with one attached hydrogen (secondary N) is 1. The summed E-state index contributed by atoms with van der Waals surface area (Å²) in [5.41, 5.74) is -0.931. The molecule has 0 radical (unpaired) electrons. The number of nitro benzene ring substituents is 1. The third kappa shape index (κ3) is 5.87. The summed E-state index contributed by atoms with van der Waals surface area (Å²) in [7, 11) is 1.11. The predicted octanol–water partition coefficient (Wildman–Crippen LogP) is 3.03. The molecule has 0 saturated carbocycles. The number of nitro groups is 1. The predicted molar refractivity (Wildman–Crippen MR) is 103 cm³/mol. The number of esters is 2. The lowest BCUT2D eigenvalue weighted by molar-refractivity contribution is -0.384. The summed E-state index contributed by atoms with van der Waals surface area (Å²) >= 11 is 0. The Bertz CT molecular complexity index is 953. The lowest BCUT2D eigenvalue weighted by atomic mass is 10.1. The van der Waals surface area contributed by atoms with Gasteiger partial charge in [0.2, 0.25) is 0 Å². The molecule has 1 amide bonds. The number of rotatable bonds is 9. The van der Waals surface area contributed by atoms with Crippen LogP contribution in [0, 0.1) is 17.0 Å². The zero-order chi connectivity index (χ0) is 22.3. The molecule has 1 unspecified atom stereocenters. The van der Waals surface area contributed by atoms with Crippen LogP contribution < -0.4 is 5.32 Å². The summed E-state index contributed by atoms with van der Waals surface area (Å²) in [5, 5.41) is 17.3. The van der Waals surface area contributed by atoms with Gasteiger partial charge in [0.15, 0.2) is 11.9 Å². The van der Waals surface area contributed by atoms with Crippen molar-refractivity contribution >= 4 is 29.4 Å². The number of methoxy groups -OCH3 is 1. The maximum Gasteiger partial charge on any atom is 0.339 e. The van der Waals surface area contributed by atoms with Crippen LogP contribution in [0.3, 0.4) is 0 Å². The van der Waals surface area contributed by atoms with E-state index in [9.17, 15) is 24.5 Å². The van der Waals surface area contributed by atoms with Gasteiger partial charge < -0.3 is 19.3 Å². The second-order valence-corrected chi connectivity index (χ2v) is 6.37. The number of carbonyl (C=O) groups excluding carboxylic acids is 3. The van der Waals surface area contributed by atoms with Gasteiger partial charge in [0.25, 0.3) is 11.6 Å². The largest absolute Gasteiger partial charge is 0.465 e. The molecule has 0 aliphatic carbocycles. The highest BCUT2D eigenvalue weighted by molar-refractivity contribution is 5.99. The Hall–Kier alpha value is -3.76. The monoisotopic (exact) mass is 419 g/mol. The first-order chi connectivity index (χ1) is 14.2. The van der Waals surface area contributed by atoms with E-state index in [0.29, 0.717) is 12.2 Å². The van der Waals surface area contributed by atoms with Gasteiger partial charge in [0.1, 0.15) is 5.76 Å². The van der Waals surface area contributed by atoms with Gasteiger partial charge in [-0.05, 0) is 25.8 Å². The van der Waals surface area contributed by atoms with Crippen molar-refractivity contribution < 1.29 is 33.3 Å². The van der Waals surface area contributed by atoms with Crippen LogP contribution in [0.25, 0.3) is 0 Å². The molecule has 11 nitrogen and oxygen atoms in total. The summed E-state index contributed by atoms with van der Waals surface area (Å²) in [4.78, 5) is 47.3. The first-order valence-corrected chi connectivity index (χ1v) is 9.08. The van der Waals surface area contributed by atoms with Gasteiger partial charge in [0.05, 0.1) is 23.2 Å². The fraction of sp³-hybridized carbons (Fsp3) is 0.368. The molecule has 0 aliphatic rings. The van der Waals surface area contributed by atoms with Gasteiger partial charge in [-0.1, -0.05) is 18.5 Å². The molecule has 1 aromatic heterocycles. The highest BCUT2D eigenvalue weighted by atomic mass is 16.6. The maximum absolute atomic E-state index is 12.6. The Morgan fingerprint density at radius 3 is 2.40 bits per heavy atom. The van der Waals surface area contributed by atoms with E-state index in [-0.39, 0.29) is 23.4 Å². The second kappa shape index (κ2) is 10.1. The van der Waals surface area contributed by atoms with Gasteiger partial charge in [-0.25, -0.2) is 9.59 Å². The number of hydrogen-bond donors (Lipinski definition) is 1. The molecule has 11 heteroatoms. The Labute approximate surface area is 171 Å². The summed E-state index contributed by atoms with van der Waals surface area (Å²) in [6.07, 6.45) is 0.387. The van der Waals surface area contributed by atoms with Crippen LogP contribution in [0.15, 0.2) is 28.8 Å². The van der Waals surface area contributed by atoms with Crippen LogP contribution in [-0.4, -0.2) is 41.1 Å². The van der Waals surface area contributed by atoms with Crippen LogP contribution in [0.4, 0.5) is 11.5 Å². The highest BCUT2D eigenvalue weighted by Gasteiger charge is 2.26. The first-order valence-electron chi connectivity index (χ1n) is 9.08. The van der Waals surface area contributed by atoms with Crippen molar-refractivity contribution in [2.75, 3.05) is 12.4 Å². The van der Waals surface area contributed by atoms with Crippen LogP contribution in [-0.2, 0) is 14.3 Å². The Kier molecular flexibility index (Phi) is 7.62. The highest BCUT2D eigenvalue weighted by Crippen LogP contribution is 2.20. The molecule has 0 bridgehead atoms. The van der Waals surface area contributed by atoms with E-state index in [0.717, 1.165) is 31.7 Å². The maximum atomic E-state index is 12.6. The zero-order valence-corrected chi connectivity index (χ0v) is 16.7. The van der Waals surface area contributed by atoms with Crippen LogP contribution in [0.5, 0.6) is 0 Å². The van der Waals surface area contributed by atoms with Crippen molar-refractivity contribution in [3.05, 3.63) is 51.3 Å². The van der Waals surface area contributed by atoms with Crippen molar-refractivity contribution in [3.63, 3.8) is 0 Å². The normalized spacial score (nSPS) is 11.4. The SMILES string of the molecule is CCCCC(OC(=O)c1cc(C(=O)OC)cc([N+](=O)[O-])c1)C(=O)Nc1cc(C)on1. The van der Waals surface area contributed by atoms with Crippen LogP contribution >= 0.6 is 0 Å². The lowest BCUT2D eigenvalue weighted by Gasteiger charge is -2.17. The van der Waals surface area contributed by atoms with Crippen molar-refractivity contribution in [2.24, 2.45) is 0 Å². The number of amides is 1. The van der Waals surface area contributed by atoms with E-state index < -0.39 is 34.6 Å². The molecule has 1 heterocycles. The first kappa shape index (κ1) is 22.5. The molecule has 30 heavy (non-hydrogen) atoms. The van der Waals surface area contributed by atoms with E-state index in [2.05, 4.69) is 15.2 Å². The number of unbranched alkanes of at least 4 members (excludes halogenated alkanes) is 1. The molecular formula is C19H21N3O8. The Morgan fingerprint density at radius 1 is 1.20 bits per heavy atom. The quantitative estimate of drug-likeness (QED) is 0.367. The standard InChI is InChI=1S/C19H21N3O8/c1-4-5-6-15(17(23)20-16-7-11(2)30-21-16)29-19(25)13-8-12(18(24)28-3)9-14(10-13)22(26)27/h7-10,15H,4-6H2,1-3H3,(H,20,21,23). The molecule has 0 aliphatic heterocycles. The lowest BCUT2D eigenvalue weighted by Crippen LogP contribution is -2.32. The molecular weight excluding hydrogens is 398 g/mol. The fourth-order valence-electron chi connectivity index (χ4n) is 2.53. The van der Waals surface area contributed by atoms with Gasteiger partial charge in [0, 0.05) is 18.2 Å². The number of non-ortho nitro benzene ring substituents is 1. The third-order valence-electron chi connectivity index (χ3n) is 4.03. The molecule has 1 aromatic carbocycles. The van der Waals surface area contributed by atoms with E-state index in [4.69, 9.17) is 9.26 Å². The number of ether oxygens (including phenoxy) is 2. The topological polar surface area (TPSA) is 151 Å². The van der Waals surface area contributed by atoms with E-state index in [1.165, 1.54) is 6.07 Å². The molecule has 1 atom stereocenters. The van der Waals surface area contributed by atoms with Gasteiger partial charge >= 0.3 is 11.9 Å². The molecule has 0 fully saturated rings. The van der Waals surface area contributed by atoms with Gasteiger partial charge in [-0.3, -0.25) is 14.9 Å². The minimum absolute atomic E-state index is 0.165. The number of benzene rings is 1. The average Bonchev–Trinajstić information content (AvgIpc) is 3.14. The number of aromatic nitrogens is 1. The molecule has 2 aromatic rings. The van der Waals surface area contributed by atoms with Crippen molar-refractivity contribution in [3.8, 4) is 0 Å². The van der Waals surface area contributed by atoms with Crippen LogP contribution in [0.2, 0.25) is 0 Å². The summed E-state index contributed by atoms with van der Waals surface area (Å²) in [5.74, 6) is -1.81. The molecule has 0 saturated heterocycles. The second-order valence-electron chi connectivity index (χ2n) is 6.37. The van der Waals surface area contributed by atoms with Gasteiger partial charge in [-0.2, -0.15) is 0 Å². The average molecular weight is 419 g/mol. The zero-order valence-electron chi connectivity index (χ0n) is 16.7. The summed E-state index contributed by atoms with van der Waals surface area (Å²) in [6, 6.07) is 4.55. The summed E-state index contributed by atoms with van der Waals surface area (Å²) in [6.45, 7) is 3.55. The minimum atomic E-state index is -1.17. The molecule has 0 spiro atoms. The number of hydrogen-bond acceptors (Lipinski definition) is 9. The van der Waals surface area contributed by atoms with Crippen molar-refractivity contribution in [2.45, 2.75) is 39.2 Å². The van der Waals surface area contributed by atoms with E-state index >= 15 is 0 Å². The van der Waals surface area contributed by atoms with Gasteiger partial charge in [-0.15, -0.1) is 0 Å². The number of anilines is 1. The van der Waals surface area contributed by atoms with Crippen molar-refractivity contribution in [1.82, 2.24) is 5.16 Å². The molecule has 2 rings (SSSR count). The minimum Gasteiger partial charge on any atom is -0.465 e. The van der Waals surface area contributed by atoms with Crippen molar-refractivity contribution in [1.29, 1.82) is 0 Å². The number of aryl methyl sites for hydroxylation is 1. The molecule has 160 valence electrons. The van der Waals surface area contributed by atoms with E-state index in [1.54, 1.807) is 6.92 Å². The number of nitrogens with zero attached hydrogens (tertiary/aromatic N) is 2. The Morgan fingerprint density at radius 2 is 1.87 bits per heavy atom. The fourth-order valence-corrected chi connectivity index (χ4v) is 2.53. The third-order valence-corrected chi connectivity index (χ3v) is 4.03. The smallest absolute Gasteiger partial charge is 0.339 e.